The average molecular weight is 333 g/mol. The Morgan fingerprint density at radius 3 is 2.83 bits per heavy atom. The summed E-state index contributed by atoms with van der Waals surface area (Å²) < 4.78 is 26.5. The highest BCUT2D eigenvalue weighted by Crippen LogP contribution is 2.35. The number of aryl methyl sites for hydroxylation is 1. The minimum atomic E-state index is -0.628. The van der Waals surface area contributed by atoms with Gasteiger partial charge in [0.1, 0.15) is 11.6 Å². The molecular formula is C18H17F2NOS. The second-order valence-electron chi connectivity index (χ2n) is 5.62. The van der Waals surface area contributed by atoms with E-state index >= 15 is 0 Å². The van der Waals surface area contributed by atoms with Crippen molar-refractivity contribution < 1.29 is 13.6 Å². The van der Waals surface area contributed by atoms with Crippen molar-refractivity contribution in [2.24, 2.45) is 0 Å². The molecule has 1 aliphatic carbocycles. The molecule has 1 atom stereocenters. The lowest BCUT2D eigenvalue weighted by molar-refractivity contribution is -0.129. The number of amides is 1. The van der Waals surface area contributed by atoms with Gasteiger partial charge >= 0.3 is 0 Å². The number of halogens is 2. The molecule has 2 nitrogen and oxygen atoms in total. The molecule has 23 heavy (non-hydrogen) atoms. The fourth-order valence-corrected chi connectivity index (χ4v) is 3.79. The first-order chi connectivity index (χ1) is 11.1. The molecule has 1 amide bonds. The van der Waals surface area contributed by atoms with Crippen molar-refractivity contribution in [1.82, 2.24) is 4.90 Å². The van der Waals surface area contributed by atoms with Crippen LogP contribution in [-0.4, -0.2) is 23.6 Å². The maximum Gasteiger partial charge on any atom is 0.233 e. The molecule has 3 rings (SSSR count). The number of carbonyl (C=O) groups is 1. The van der Waals surface area contributed by atoms with Gasteiger partial charge in [0.05, 0.1) is 11.8 Å². The number of fused-ring (bicyclic) bond motifs is 1. The number of hydrogen-bond acceptors (Lipinski definition) is 2. The fourth-order valence-electron chi connectivity index (χ4n) is 2.94. The third kappa shape index (κ3) is 3.39. The van der Waals surface area contributed by atoms with E-state index in [2.05, 4.69) is 12.1 Å². The van der Waals surface area contributed by atoms with Crippen LogP contribution >= 0.6 is 11.8 Å². The van der Waals surface area contributed by atoms with Crippen molar-refractivity contribution in [3.63, 3.8) is 0 Å². The summed E-state index contributed by atoms with van der Waals surface area (Å²) in [6.45, 7) is 0. The predicted molar refractivity (Wildman–Crippen MR) is 87.4 cm³/mol. The zero-order valence-electron chi connectivity index (χ0n) is 12.8. The summed E-state index contributed by atoms with van der Waals surface area (Å²) in [5, 5.41) is 0. The Bertz CT molecular complexity index is 735. The molecule has 0 N–H and O–H groups in total. The Balaban J connectivity index is 1.65. The van der Waals surface area contributed by atoms with Crippen molar-refractivity contribution in [1.29, 1.82) is 0 Å². The van der Waals surface area contributed by atoms with Crippen molar-refractivity contribution in [3.8, 4) is 0 Å². The standard InChI is InChI=1S/C18H17F2NOS/c1-21(16-8-6-12-4-2-3-5-14(12)16)18(22)11-23-17-9-7-13(19)10-15(17)20/h2-5,7,9-10,16H,6,8,11H2,1H3. The van der Waals surface area contributed by atoms with Gasteiger partial charge in [0.15, 0.2) is 0 Å². The number of thioether (sulfide) groups is 1. The zero-order chi connectivity index (χ0) is 16.4. The number of hydrogen-bond donors (Lipinski definition) is 0. The maximum atomic E-state index is 13.6. The molecule has 0 saturated carbocycles. The molecule has 1 unspecified atom stereocenters. The summed E-state index contributed by atoms with van der Waals surface area (Å²) in [5.74, 6) is -1.16. The lowest BCUT2D eigenvalue weighted by Gasteiger charge is -2.25. The Hall–Kier alpha value is -1.88. The Kier molecular flexibility index (Phi) is 4.66. The number of nitrogens with zero attached hydrogens (tertiary/aromatic N) is 1. The number of carbonyl (C=O) groups excluding carboxylic acids is 1. The highest BCUT2D eigenvalue weighted by molar-refractivity contribution is 8.00. The highest BCUT2D eigenvalue weighted by Gasteiger charge is 2.28. The van der Waals surface area contributed by atoms with E-state index in [4.69, 9.17) is 0 Å². The van der Waals surface area contributed by atoms with Gasteiger partial charge in [-0.3, -0.25) is 4.79 Å². The van der Waals surface area contributed by atoms with E-state index < -0.39 is 11.6 Å². The van der Waals surface area contributed by atoms with Crippen LogP contribution in [0.5, 0.6) is 0 Å². The second kappa shape index (κ2) is 6.71. The summed E-state index contributed by atoms with van der Waals surface area (Å²) in [4.78, 5) is 14.4. The maximum absolute atomic E-state index is 13.6. The van der Waals surface area contributed by atoms with Crippen LogP contribution in [0.2, 0.25) is 0 Å². The third-order valence-electron chi connectivity index (χ3n) is 4.21. The van der Waals surface area contributed by atoms with Crippen molar-refractivity contribution in [2.45, 2.75) is 23.8 Å². The number of rotatable bonds is 4. The SMILES string of the molecule is CN(C(=O)CSc1ccc(F)cc1F)C1CCc2ccccc21. The summed E-state index contributed by atoms with van der Waals surface area (Å²) in [7, 11) is 1.79. The molecule has 1 aliphatic rings. The third-order valence-corrected chi connectivity index (χ3v) is 5.24. The zero-order valence-corrected chi connectivity index (χ0v) is 13.6. The lowest BCUT2D eigenvalue weighted by Crippen LogP contribution is -2.31. The van der Waals surface area contributed by atoms with E-state index in [0.717, 1.165) is 30.7 Å². The molecule has 5 heteroatoms. The van der Waals surface area contributed by atoms with E-state index in [-0.39, 0.29) is 17.7 Å². The molecular weight excluding hydrogens is 316 g/mol. The molecule has 0 heterocycles. The van der Waals surface area contributed by atoms with E-state index in [1.54, 1.807) is 11.9 Å². The Morgan fingerprint density at radius 1 is 1.26 bits per heavy atom. The molecule has 0 fully saturated rings. The van der Waals surface area contributed by atoms with Crippen LogP contribution in [0.3, 0.4) is 0 Å². The topological polar surface area (TPSA) is 20.3 Å². The largest absolute Gasteiger partial charge is 0.338 e. The Morgan fingerprint density at radius 2 is 2.04 bits per heavy atom. The first-order valence-electron chi connectivity index (χ1n) is 7.47. The van der Waals surface area contributed by atoms with E-state index in [1.807, 2.05) is 12.1 Å². The van der Waals surface area contributed by atoms with Crippen molar-refractivity contribution in [3.05, 3.63) is 65.2 Å². The van der Waals surface area contributed by atoms with E-state index in [0.29, 0.717) is 4.90 Å². The van der Waals surface area contributed by atoms with Gasteiger partial charge in [-0.15, -0.1) is 11.8 Å². The molecule has 0 aliphatic heterocycles. The van der Waals surface area contributed by atoms with Gasteiger partial charge in [0.25, 0.3) is 0 Å². The normalized spacial score (nSPS) is 16.2. The molecule has 0 aromatic heterocycles. The summed E-state index contributed by atoms with van der Waals surface area (Å²) >= 11 is 1.10. The second-order valence-corrected chi connectivity index (χ2v) is 6.64. The van der Waals surface area contributed by atoms with Gasteiger partial charge in [-0.1, -0.05) is 24.3 Å². The van der Waals surface area contributed by atoms with Crippen LogP contribution in [0.1, 0.15) is 23.6 Å². The Labute approximate surface area is 138 Å². The van der Waals surface area contributed by atoms with Crippen LogP contribution in [0, 0.1) is 11.6 Å². The summed E-state index contributed by atoms with van der Waals surface area (Å²) in [6, 6.07) is 11.6. The number of benzene rings is 2. The van der Waals surface area contributed by atoms with Gasteiger partial charge in [-0.2, -0.15) is 0 Å². The fraction of sp³-hybridized carbons (Fsp3) is 0.278. The van der Waals surface area contributed by atoms with Gasteiger partial charge in [-0.05, 0) is 36.1 Å². The highest BCUT2D eigenvalue weighted by atomic mass is 32.2. The molecule has 2 aromatic carbocycles. The summed E-state index contributed by atoms with van der Waals surface area (Å²) in [5.41, 5.74) is 2.48. The molecule has 0 spiro atoms. The first kappa shape index (κ1) is 16.0. The van der Waals surface area contributed by atoms with Crippen molar-refractivity contribution >= 4 is 17.7 Å². The van der Waals surface area contributed by atoms with Crippen LogP contribution in [0.15, 0.2) is 47.4 Å². The predicted octanol–water partition coefficient (Wildman–Crippen LogP) is 4.20. The smallest absolute Gasteiger partial charge is 0.233 e. The van der Waals surface area contributed by atoms with Crippen LogP contribution in [0.25, 0.3) is 0 Å². The average Bonchev–Trinajstić information content (AvgIpc) is 2.97. The minimum Gasteiger partial charge on any atom is -0.338 e. The molecule has 0 radical (unpaired) electrons. The van der Waals surface area contributed by atoms with Crippen LogP contribution < -0.4 is 0 Å². The molecule has 0 bridgehead atoms. The monoisotopic (exact) mass is 333 g/mol. The van der Waals surface area contributed by atoms with Crippen LogP contribution in [0.4, 0.5) is 8.78 Å². The molecule has 2 aromatic rings. The van der Waals surface area contributed by atoms with Gasteiger partial charge in [0.2, 0.25) is 5.91 Å². The van der Waals surface area contributed by atoms with E-state index in [9.17, 15) is 13.6 Å². The lowest BCUT2D eigenvalue weighted by atomic mass is 10.1. The van der Waals surface area contributed by atoms with Gasteiger partial charge in [-0.25, -0.2) is 8.78 Å². The van der Waals surface area contributed by atoms with Gasteiger partial charge < -0.3 is 4.90 Å². The van der Waals surface area contributed by atoms with Crippen molar-refractivity contribution in [2.75, 3.05) is 12.8 Å². The van der Waals surface area contributed by atoms with Crippen LogP contribution in [-0.2, 0) is 11.2 Å². The minimum absolute atomic E-state index is 0.0552. The van der Waals surface area contributed by atoms with E-state index in [1.165, 1.54) is 23.3 Å². The molecule has 0 saturated heterocycles. The van der Waals surface area contributed by atoms with Gasteiger partial charge in [0, 0.05) is 18.0 Å². The molecule has 120 valence electrons. The quantitative estimate of drug-likeness (QED) is 0.782. The first-order valence-corrected chi connectivity index (χ1v) is 8.46. The summed E-state index contributed by atoms with van der Waals surface area (Å²) in [6.07, 6.45) is 1.88.